The minimum atomic E-state index is -0.238. The molecule has 2 aromatic heterocycles. The molecular weight excluding hydrogens is 655 g/mol. The zero-order valence-electron chi connectivity index (χ0n) is 28.0. The summed E-state index contributed by atoms with van der Waals surface area (Å²) in [4.78, 5) is 2.40. The highest BCUT2D eigenvalue weighted by atomic mass is 32.1. The lowest BCUT2D eigenvalue weighted by atomic mass is 10.1. The first-order chi connectivity index (χ1) is 25.8. The van der Waals surface area contributed by atoms with Gasteiger partial charge in [-0.1, -0.05) is 103 Å². The van der Waals surface area contributed by atoms with Crippen LogP contribution in [-0.2, 0) is 0 Å². The summed E-state index contributed by atoms with van der Waals surface area (Å²) in [6.45, 7) is 0. The van der Waals surface area contributed by atoms with Crippen molar-refractivity contribution in [2.24, 2.45) is 0 Å². The van der Waals surface area contributed by atoms with Gasteiger partial charge in [-0.05, 0) is 78.2 Å². The second-order valence-electron chi connectivity index (χ2n) is 13.4. The highest BCUT2D eigenvalue weighted by molar-refractivity contribution is 7.25. The van der Waals surface area contributed by atoms with Crippen molar-refractivity contribution in [1.29, 1.82) is 0 Å². The van der Waals surface area contributed by atoms with E-state index in [4.69, 9.17) is 4.74 Å². The SMILES string of the molecule is c1ccc(C2Nc3ccc4ccc(N(c5ccc6sc7ccccc7c6c5)c5ccc6c7ccccc7n(-c7ccccc7)c6c5)cc4c3O2)cc1. The van der Waals surface area contributed by atoms with E-state index in [1.165, 1.54) is 36.5 Å². The minimum absolute atomic E-state index is 0.238. The molecule has 0 saturated heterocycles. The lowest BCUT2D eigenvalue weighted by Crippen LogP contribution is -2.10. The molecular formula is C47H31N3OS. The molecule has 0 bridgehead atoms. The molecule has 1 unspecified atom stereocenters. The standard InChI is InChI=1S/C47H31N3OS/c1-3-11-31(12-4-1)47-48-41-25-20-30-19-21-33(27-39(30)46(41)51-47)49(34-23-26-45-40(28-34)38-16-8-10-18-44(38)52-45)35-22-24-37-36-15-7-9-17-42(36)50(43(37)29-35)32-13-5-2-6-14-32/h1-29,47-48H. The Labute approximate surface area is 304 Å². The highest BCUT2D eigenvalue weighted by Gasteiger charge is 2.26. The number of thiophene rings is 1. The third-order valence-corrected chi connectivity index (χ3v) is 11.5. The maximum atomic E-state index is 6.67. The number of nitrogens with one attached hydrogen (secondary N) is 1. The number of nitrogens with zero attached hydrogens (tertiary/aromatic N) is 2. The van der Waals surface area contributed by atoms with Crippen LogP contribution in [0.4, 0.5) is 22.7 Å². The van der Waals surface area contributed by atoms with Crippen molar-refractivity contribution in [2.45, 2.75) is 6.23 Å². The molecule has 52 heavy (non-hydrogen) atoms. The molecule has 5 heteroatoms. The van der Waals surface area contributed by atoms with Crippen molar-refractivity contribution in [3.8, 4) is 11.4 Å². The van der Waals surface area contributed by atoms with E-state index in [9.17, 15) is 0 Å². The van der Waals surface area contributed by atoms with Gasteiger partial charge in [0.1, 0.15) is 0 Å². The molecule has 1 aliphatic heterocycles. The van der Waals surface area contributed by atoms with E-state index in [-0.39, 0.29) is 6.23 Å². The largest absolute Gasteiger partial charge is 0.464 e. The molecule has 11 rings (SSSR count). The molecule has 0 fully saturated rings. The number of fused-ring (bicyclic) bond motifs is 9. The van der Waals surface area contributed by atoms with Crippen LogP contribution in [0.15, 0.2) is 176 Å². The van der Waals surface area contributed by atoms with Gasteiger partial charge in [-0.15, -0.1) is 11.3 Å². The quantitative estimate of drug-likeness (QED) is 0.196. The molecule has 3 heterocycles. The predicted molar refractivity (Wildman–Crippen MR) is 219 cm³/mol. The number of anilines is 4. The van der Waals surface area contributed by atoms with E-state index in [1.54, 1.807) is 0 Å². The van der Waals surface area contributed by atoms with Crippen LogP contribution in [0.25, 0.3) is 58.4 Å². The van der Waals surface area contributed by atoms with E-state index in [0.717, 1.165) is 56.0 Å². The van der Waals surface area contributed by atoms with Crippen LogP contribution in [0.5, 0.6) is 5.75 Å². The van der Waals surface area contributed by atoms with E-state index >= 15 is 0 Å². The summed E-state index contributed by atoms with van der Waals surface area (Å²) in [5, 5.41) is 10.8. The average molecular weight is 686 g/mol. The summed E-state index contributed by atoms with van der Waals surface area (Å²) in [5.41, 5.74) is 8.85. The van der Waals surface area contributed by atoms with E-state index < -0.39 is 0 Å². The van der Waals surface area contributed by atoms with Crippen molar-refractivity contribution in [3.05, 3.63) is 181 Å². The Hall–Kier alpha value is -6.56. The van der Waals surface area contributed by atoms with Gasteiger partial charge in [0.25, 0.3) is 0 Å². The van der Waals surface area contributed by atoms with Crippen molar-refractivity contribution >= 4 is 86.8 Å². The molecule has 1 atom stereocenters. The summed E-state index contributed by atoms with van der Waals surface area (Å²) in [5.74, 6) is 0.882. The first-order valence-corrected chi connectivity index (χ1v) is 18.4. The van der Waals surface area contributed by atoms with Gasteiger partial charge in [-0.3, -0.25) is 0 Å². The number of hydrogen-bond donors (Lipinski definition) is 1. The monoisotopic (exact) mass is 685 g/mol. The topological polar surface area (TPSA) is 29.4 Å². The fourth-order valence-corrected chi connectivity index (χ4v) is 9.07. The maximum absolute atomic E-state index is 6.67. The summed E-state index contributed by atoms with van der Waals surface area (Å²) in [7, 11) is 0. The summed E-state index contributed by atoms with van der Waals surface area (Å²) in [6, 6.07) is 63.3. The van der Waals surface area contributed by atoms with Crippen molar-refractivity contribution < 1.29 is 4.74 Å². The molecule has 4 nitrogen and oxygen atoms in total. The Kier molecular flexibility index (Phi) is 6.45. The Morgan fingerprint density at radius 3 is 2.00 bits per heavy atom. The van der Waals surface area contributed by atoms with Crippen LogP contribution in [0.3, 0.4) is 0 Å². The molecule has 246 valence electrons. The zero-order chi connectivity index (χ0) is 34.2. The van der Waals surface area contributed by atoms with Gasteiger partial charge < -0.3 is 19.5 Å². The van der Waals surface area contributed by atoms with Crippen molar-refractivity contribution in [3.63, 3.8) is 0 Å². The van der Waals surface area contributed by atoms with E-state index in [2.05, 4.69) is 185 Å². The second kappa shape index (κ2) is 11.5. The molecule has 0 radical (unpaired) electrons. The Morgan fingerprint density at radius 2 is 1.13 bits per heavy atom. The van der Waals surface area contributed by atoms with Gasteiger partial charge in [0.2, 0.25) is 0 Å². The van der Waals surface area contributed by atoms with Crippen LogP contribution in [0, 0.1) is 0 Å². The van der Waals surface area contributed by atoms with Gasteiger partial charge in [-0.25, -0.2) is 0 Å². The number of aromatic nitrogens is 1. The van der Waals surface area contributed by atoms with Crippen LogP contribution in [0.1, 0.15) is 11.8 Å². The first-order valence-electron chi connectivity index (χ1n) is 17.6. The molecule has 0 spiro atoms. The third-order valence-electron chi connectivity index (χ3n) is 10.4. The smallest absolute Gasteiger partial charge is 0.196 e. The maximum Gasteiger partial charge on any atom is 0.196 e. The molecule has 10 aromatic rings. The van der Waals surface area contributed by atoms with E-state index in [1.807, 2.05) is 17.4 Å². The molecule has 0 aliphatic carbocycles. The van der Waals surface area contributed by atoms with Crippen molar-refractivity contribution in [1.82, 2.24) is 4.57 Å². The highest BCUT2D eigenvalue weighted by Crippen LogP contribution is 2.47. The molecule has 0 saturated carbocycles. The summed E-state index contributed by atoms with van der Waals surface area (Å²) < 4.78 is 11.6. The number of hydrogen-bond acceptors (Lipinski definition) is 4. The number of benzene rings is 8. The minimum Gasteiger partial charge on any atom is -0.464 e. The number of rotatable bonds is 5. The average Bonchev–Trinajstić information content (AvgIpc) is 3.91. The number of ether oxygens (including phenoxy) is 1. The lowest BCUT2D eigenvalue weighted by molar-refractivity contribution is 0.262. The van der Waals surface area contributed by atoms with E-state index in [0.29, 0.717) is 0 Å². The lowest BCUT2D eigenvalue weighted by Gasteiger charge is -2.26. The van der Waals surface area contributed by atoms with Gasteiger partial charge in [0.15, 0.2) is 12.0 Å². The molecule has 8 aromatic carbocycles. The summed E-state index contributed by atoms with van der Waals surface area (Å²) >= 11 is 1.85. The molecule has 1 aliphatic rings. The van der Waals surface area contributed by atoms with Gasteiger partial charge in [0, 0.05) is 64.6 Å². The van der Waals surface area contributed by atoms with Crippen LogP contribution in [0.2, 0.25) is 0 Å². The van der Waals surface area contributed by atoms with Crippen LogP contribution < -0.4 is 15.0 Å². The van der Waals surface area contributed by atoms with Gasteiger partial charge >= 0.3 is 0 Å². The van der Waals surface area contributed by atoms with Crippen LogP contribution in [-0.4, -0.2) is 4.57 Å². The predicted octanol–water partition coefficient (Wildman–Crippen LogP) is 13.3. The normalized spacial score (nSPS) is 13.9. The first kappa shape index (κ1) is 29.2. The van der Waals surface area contributed by atoms with Gasteiger partial charge in [0.05, 0.1) is 16.7 Å². The Balaban J connectivity index is 1.14. The fraction of sp³-hybridized carbons (Fsp3) is 0.0213. The molecule has 1 N–H and O–H groups in total. The van der Waals surface area contributed by atoms with Crippen LogP contribution >= 0.6 is 11.3 Å². The van der Waals surface area contributed by atoms with Gasteiger partial charge in [-0.2, -0.15) is 0 Å². The third kappa shape index (κ3) is 4.53. The van der Waals surface area contributed by atoms with Crippen molar-refractivity contribution in [2.75, 3.05) is 10.2 Å². The Bertz CT molecular complexity index is 2980. The molecule has 0 amide bonds. The number of para-hydroxylation sites is 2. The fourth-order valence-electron chi connectivity index (χ4n) is 7.98. The zero-order valence-corrected chi connectivity index (χ0v) is 28.8. The Morgan fingerprint density at radius 1 is 0.500 bits per heavy atom. The second-order valence-corrected chi connectivity index (χ2v) is 14.5. The summed E-state index contributed by atoms with van der Waals surface area (Å²) in [6.07, 6.45) is -0.238.